The summed E-state index contributed by atoms with van der Waals surface area (Å²) in [5, 5.41) is 6.27. The predicted octanol–water partition coefficient (Wildman–Crippen LogP) is 2.34. The Hall–Kier alpha value is -2.66. The molecule has 1 aliphatic heterocycles. The number of hydrogen-bond acceptors (Lipinski definition) is 3. The van der Waals surface area contributed by atoms with E-state index in [0.29, 0.717) is 26.1 Å². The van der Waals surface area contributed by atoms with Gasteiger partial charge < -0.3 is 15.5 Å². The molecule has 0 aromatic heterocycles. The largest absolute Gasteiger partial charge is 0.352 e. The first-order valence-electron chi connectivity index (χ1n) is 8.99. The number of nitrogens with zero attached hydrogens (tertiary/aromatic N) is 1. The summed E-state index contributed by atoms with van der Waals surface area (Å²) in [7, 11) is 0. The van der Waals surface area contributed by atoms with Crippen LogP contribution >= 0.6 is 0 Å². The molecule has 1 heterocycles. The average Bonchev–Trinajstić information content (AvgIpc) is 3.11. The lowest BCUT2D eigenvalue weighted by Gasteiger charge is -2.21. The van der Waals surface area contributed by atoms with Crippen molar-refractivity contribution in [1.82, 2.24) is 15.5 Å². The van der Waals surface area contributed by atoms with E-state index in [1.54, 1.807) is 11.8 Å². The second-order valence-corrected chi connectivity index (χ2v) is 6.66. The van der Waals surface area contributed by atoms with Crippen molar-refractivity contribution in [1.29, 1.82) is 0 Å². The Bertz CT molecular complexity index is 774. The maximum atomic E-state index is 12.2. The summed E-state index contributed by atoms with van der Waals surface area (Å²) in [5.74, 6) is -0.0595. The fourth-order valence-electron chi connectivity index (χ4n) is 3.14. The highest BCUT2D eigenvalue weighted by atomic mass is 16.2. The van der Waals surface area contributed by atoms with Crippen LogP contribution in [0, 0.1) is 0 Å². The molecular weight excluding hydrogens is 326 g/mol. The second kappa shape index (κ2) is 8.63. The quantitative estimate of drug-likeness (QED) is 0.805. The molecule has 0 atom stereocenters. The van der Waals surface area contributed by atoms with Crippen molar-refractivity contribution in [3.63, 3.8) is 0 Å². The summed E-state index contributed by atoms with van der Waals surface area (Å²) in [6.07, 6.45) is 0.304. The Balaban J connectivity index is 1.47. The maximum Gasteiger partial charge on any atom is 0.222 e. The third kappa shape index (κ3) is 4.92. The lowest BCUT2D eigenvalue weighted by molar-refractivity contribution is -0.130. The maximum absolute atomic E-state index is 12.2. The van der Waals surface area contributed by atoms with Gasteiger partial charge in [-0.2, -0.15) is 0 Å². The number of nitrogens with one attached hydrogen (secondary N) is 2. The fraction of sp³-hybridized carbons (Fsp3) is 0.333. The van der Waals surface area contributed by atoms with E-state index in [4.69, 9.17) is 0 Å². The molecule has 2 N–H and O–H groups in total. The van der Waals surface area contributed by atoms with Gasteiger partial charge >= 0.3 is 0 Å². The van der Waals surface area contributed by atoms with E-state index >= 15 is 0 Å². The minimum Gasteiger partial charge on any atom is -0.352 e. The standard InChI is InChI=1S/C21H25N3O2/c1-16(25)24(15-17-5-3-2-4-6-17)10-9-21(26)23-12-18-7-8-19-13-22-14-20(19)11-18/h2-8,11,22H,9-10,12-15H2,1H3,(H,23,26). The molecule has 26 heavy (non-hydrogen) atoms. The summed E-state index contributed by atoms with van der Waals surface area (Å²) in [5.41, 5.74) is 4.81. The van der Waals surface area contributed by atoms with Crippen LogP contribution < -0.4 is 10.6 Å². The Morgan fingerprint density at radius 2 is 1.81 bits per heavy atom. The molecule has 0 bridgehead atoms. The molecule has 0 saturated heterocycles. The average molecular weight is 351 g/mol. The number of rotatable bonds is 7. The number of carbonyl (C=O) groups excluding carboxylic acids is 2. The molecule has 5 heteroatoms. The van der Waals surface area contributed by atoms with Crippen LogP contribution in [0.15, 0.2) is 48.5 Å². The molecule has 2 aromatic carbocycles. The molecule has 2 aromatic rings. The molecular formula is C21H25N3O2. The van der Waals surface area contributed by atoms with Crippen molar-refractivity contribution >= 4 is 11.8 Å². The zero-order valence-electron chi connectivity index (χ0n) is 15.1. The van der Waals surface area contributed by atoms with Crippen LogP contribution in [0.4, 0.5) is 0 Å². The van der Waals surface area contributed by atoms with E-state index in [2.05, 4.69) is 28.8 Å². The second-order valence-electron chi connectivity index (χ2n) is 6.66. The molecule has 0 spiro atoms. The van der Waals surface area contributed by atoms with Crippen LogP contribution in [-0.4, -0.2) is 23.3 Å². The smallest absolute Gasteiger partial charge is 0.222 e. The Kier molecular flexibility index (Phi) is 6.02. The van der Waals surface area contributed by atoms with E-state index in [1.165, 1.54) is 11.1 Å². The van der Waals surface area contributed by atoms with Gasteiger partial charge in [0.15, 0.2) is 0 Å². The Morgan fingerprint density at radius 3 is 2.58 bits per heavy atom. The Morgan fingerprint density at radius 1 is 1.04 bits per heavy atom. The monoisotopic (exact) mass is 351 g/mol. The molecule has 0 radical (unpaired) electrons. The van der Waals surface area contributed by atoms with Gasteiger partial charge in [0.2, 0.25) is 11.8 Å². The molecule has 0 aliphatic carbocycles. The third-order valence-electron chi connectivity index (χ3n) is 4.66. The van der Waals surface area contributed by atoms with Crippen molar-refractivity contribution < 1.29 is 9.59 Å². The third-order valence-corrected chi connectivity index (χ3v) is 4.66. The molecule has 0 unspecified atom stereocenters. The number of fused-ring (bicyclic) bond motifs is 1. The van der Waals surface area contributed by atoms with Crippen molar-refractivity contribution in [3.05, 3.63) is 70.8 Å². The summed E-state index contributed by atoms with van der Waals surface area (Å²) in [6.45, 7) is 4.82. The van der Waals surface area contributed by atoms with Crippen molar-refractivity contribution in [2.75, 3.05) is 6.54 Å². The van der Waals surface area contributed by atoms with Crippen LogP contribution in [0.2, 0.25) is 0 Å². The lowest BCUT2D eigenvalue weighted by Crippen LogP contribution is -2.33. The van der Waals surface area contributed by atoms with Gasteiger partial charge in [-0.05, 0) is 22.3 Å². The van der Waals surface area contributed by atoms with E-state index in [0.717, 1.165) is 24.2 Å². The van der Waals surface area contributed by atoms with E-state index < -0.39 is 0 Å². The number of benzene rings is 2. The van der Waals surface area contributed by atoms with Crippen LogP contribution in [0.5, 0.6) is 0 Å². The zero-order chi connectivity index (χ0) is 18.4. The first-order chi connectivity index (χ1) is 12.6. The normalized spacial score (nSPS) is 12.5. The van der Waals surface area contributed by atoms with Crippen molar-refractivity contribution in [2.45, 2.75) is 39.5 Å². The summed E-state index contributed by atoms with van der Waals surface area (Å²) in [6, 6.07) is 16.1. The summed E-state index contributed by atoms with van der Waals surface area (Å²) >= 11 is 0. The van der Waals surface area contributed by atoms with Crippen molar-refractivity contribution in [3.8, 4) is 0 Å². The lowest BCUT2D eigenvalue weighted by atomic mass is 10.1. The van der Waals surface area contributed by atoms with Gasteiger partial charge in [0.05, 0.1) is 0 Å². The van der Waals surface area contributed by atoms with Gasteiger partial charge in [-0.1, -0.05) is 48.5 Å². The van der Waals surface area contributed by atoms with Crippen molar-refractivity contribution in [2.24, 2.45) is 0 Å². The first kappa shape index (κ1) is 18.1. The van der Waals surface area contributed by atoms with Crippen LogP contribution in [0.3, 0.4) is 0 Å². The predicted molar refractivity (Wildman–Crippen MR) is 101 cm³/mol. The zero-order valence-corrected chi connectivity index (χ0v) is 15.1. The minimum atomic E-state index is -0.0389. The highest BCUT2D eigenvalue weighted by Gasteiger charge is 2.13. The van der Waals surface area contributed by atoms with E-state index in [1.807, 2.05) is 30.3 Å². The van der Waals surface area contributed by atoms with Gasteiger partial charge in [-0.15, -0.1) is 0 Å². The minimum absolute atomic E-state index is 0.0206. The van der Waals surface area contributed by atoms with Crippen LogP contribution in [0.25, 0.3) is 0 Å². The molecule has 0 fully saturated rings. The molecule has 2 amide bonds. The molecule has 5 nitrogen and oxygen atoms in total. The number of carbonyl (C=O) groups is 2. The van der Waals surface area contributed by atoms with Gasteiger partial charge in [0, 0.05) is 46.1 Å². The highest BCUT2D eigenvalue weighted by Crippen LogP contribution is 2.16. The van der Waals surface area contributed by atoms with Gasteiger partial charge in [-0.3, -0.25) is 9.59 Å². The van der Waals surface area contributed by atoms with Crippen LogP contribution in [-0.2, 0) is 35.8 Å². The topological polar surface area (TPSA) is 61.4 Å². The fourth-order valence-corrected chi connectivity index (χ4v) is 3.14. The molecule has 136 valence electrons. The van der Waals surface area contributed by atoms with Gasteiger partial charge in [-0.25, -0.2) is 0 Å². The molecule has 0 saturated carbocycles. The van der Waals surface area contributed by atoms with E-state index in [-0.39, 0.29) is 11.8 Å². The molecule has 1 aliphatic rings. The molecule has 3 rings (SSSR count). The highest BCUT2D eigenvalue weighted by molar-refractivity contribution is 5.78. The van der Waals surface area contributed by atoms with E-state index in [9.17, 15) is 9.59 Å². The number of amides is 2. The van der Waals surface area contributed by atoms with Gasteiger partial charge in [0.1, 0.15) is 0 Å². The van der Waals surface area contributed by atoms with Gasteiger partial charge in [0.25, 0.3) is 0 Å². The Labute approximate surface area is 154 Å². The summed E-state index contributed by atoms with van der Waals surface area (Å²) in [4.78, 5) is 25.7. The SMILES string of the molecule is CC(=O)N(CCC(=O)NCc1ccc2c(c1)CNC2)Cc1ccccc1. The number of hydrogen-bond donors (Lipinski definition) is 2. The summed E-state index contributed by atoms with van der Waals surface area (Å²) < 4.78 is 0. The first-order valence-corrected chi connectivity index (χ1v) is 8.99. The van der Waals surface area contributed by atoms with Crippen LogP contribution in [0.1, 0.15) is 35.6 Å².